The maximum Gasteiger partial charge on any atom is 0.323 e. The summed E-state index contributed by atoms with van der Waals surface area (Å²) in [6.07, 6.45) is 1.25. The summed E-state index contributed by atoms with van der Waals surface area (Å²) >= 11 is 0. The predicted molar refractivity (Wildman–Crippen MR) is 118 cm³/mol. The van der Waals surface area contributed by atoms with Gasteiger partial charge in [0.25, 0.3) is 0 Å². The number of aliphatic hydroxyl groups excluding tert-OH is 1. The number of nitrogens with one attached hydrogen (secondary N) is 1. The van der Waals surface area contributed by atoms with Crippen molar-refractivity contribution in [2.24, 2.45) is 5.92 Å². The van der Waals surface area contributed by atoms with Crippen LogP contribution < -0.4 is 10.1 Å². The first-order valence-corrected chi connectivity index (χ1v) is 10.7. The molecule has 0 bridgehead atoms. The number of aliphatic hydroxyl groups is 1. The maximum atomic E-state index is 13.3. The molecule has 32 heavy (non-hydrogen) atoms. The number of carboxylic acids is 1. The Morgan fingerprint density at radius 3 is 2.47 bits per heavy atom. The predicted octanol–water partition coefficient (Wildman–Crippen LogP) is 3.28. The van der Waals surface area contributed by atoms with Crippen LogP contribution in [0.15, 0.2) is 48.5 Å². The first-order valence-electron chi connectivity index (χ1n) is 10.7. The van der Waals surface area contributed by atoms with E-state index in [2.05, 4.69) is 5.32 Å². The number of ether oxygens (including phenoxy) is 1. The molecule has 1 aliphatic rings. The van der Waals surface area contributed by atoms with E-state index in [0.717, 1.165) is 5.56 Å². The third kappa shape index (κ3) is 6.20. The second-order valence-electron chi connectivity index (χ2n) is 8.08. The number of benzene rings is 2. The van der Waals surface area contributed by atoms with Crippen LogP contribution in [0.1, 0.15) is 31.2 Å². The van der Waals surface area contributed by atoms with Gasteiger partial charge in [-0.2, -0.15) is 0 Å². The van der Waals surface area contributed by atoms with Gasteiger partial charge in [0, 0.05) is 23.7 Å². The van der Waals surface area contributed by atoms with Crippen LogP contribution in [0.4, 0.5) is 10.1 Å². The minimum atomic E-state index is -1.09. The van der Waals surface area contributed by atoms with E-state index in [1.807, 2.05) is 12.1 Å². The fourth-order valence-corrected chi connectivity index (χ4v) is 4.14. The van der Waals surface area contributed by atoms with Crippen molar-refractivity contribution in [3.8, 4) is 5.75 Å². The number of nitrogens with zero attached hydrogens (tertiary/aromatic N) is 1. The molecule has 1 fully saturated rings. The summed E-state index contributed by atoms with van der Waals surface area (Å²) in [5.74, 6) is -1.46. The molecular formula is C24H29FN2O5. The van der Waals surface area contributed by atoms with E-state index in [-0.39, 0.29) is 24.3 Å². The normalized spacial score (nSPS) is 20.8. The molecule has 2 aromatic carbocycles. The van der Waals surface area contributed by atoms with Gasteiger partial charge in [-0.1, -0.05) is 18.2 Å². The quantitative estimate of drug-likeness (QED) is 0.541. The Kier molecular flexibility index (Phi) is 8.05. The van der Waals surface area contributed by atoms with Crippen LogP contribution >= 0.6 is 0 Å². The second kappa shape index (κ2) is 10.9. The molecule has 0 aromatic heterocycles. The van der Waals surface area contributed by atoms with Crippen molar-refractivity contribution in [1.29, 1.82) is 0 Å². The van der Waals surface area contributed by atoms with Crippen molar-refractivity contribution >= 4 is 17.6 Å². The number of rotatable bonds is 8. The van der Waals surface area contributed by atoms with Gasteiger partial charge in [-0.25, -0.2) is 4.39 Å². The fraction of sp³-hybridized carbons (Fsp3) is 0.417. The van der Waals surface area contributed by atoms with E-state index in [1.165, 1.54) is 24.1 Å². The zero-order chi connectivity index (χ0) is 23.1. The van der Waals surface area contributed by atoms with E-state index in [4.69, 9.17) is 4.74 Å². The van der Waals surface area contributed by atoms with Crippen molar-refractivity contribution in [1.82, 2.24) is 4.90 Å². The molecule has 0 radical (unpaired) electrons. The second-order valence-corrected chi connectivity index (χ2v) is 8.08. The molecule has 8 heteroatoms. The number of carbonyl (C=O) groups excluding carboxylic acids is 1. The number of aliphatic carboxylic acids is 1. The summed E-state index contributed by atoms with van der Waals surface area (Å²) in [7, 11) is 1.53. The number of carboxylic acid groups (broad SMARTS) is 1. The molecule has 172 valence electrons. The summed E-state index contributed by atoms with van der Waals surface area (Å²) in [5, 5.41) is 23.2. The van der Waals surface area contributed by atoms with Crippen LogP contribution in [-0.4, -0.2) is 52.8 Å². The highest BCUT2D eigenvalue weighted by atomic mass is 19.1. The summed E-state index contributed by atoms with van der Waals surface area (Å²) in [4.78, 5) is 26.1. The lowest BCUT2D eigenvalue weighted by Crippen LogP contribution is -2.39. The van der Waals surface area contributed by atoms with Crippen molar-refractivity contribution in [2.75, 3.05) is 19.0 Å². The minimum absolute atomic E-state index is 0.130. The standard InChI is InChI=1S/C24H29FN2O5/c1-32-22-5-3-2-4-17(22)14-27(15-23(29)30)24(31)16-6-12-20(21(28)13-7-16)26-19-10-8-18(25)9-11-19/h2-5,8-11,16,20-21,26,28H,6-7,12-15H2,1H3,(H,29,30)/t16-,20+,21+/m1/s1. The minimum Gasteiger partial charge on any atom is -0.496 e. The van der Waals surface area contributed by atoms with Gasteiger partial charge >= 0.3 is 5.97 Å². The lowest BCUT2D eigenvalue weighted by molar-refractivity contribution is -0.147. The number of anilines is 1. The average Bonchev–Trinajstić information content (AvgIpc) is 2.96. The first-order chi connectivity index (χ1) is 15.4. The largest absolute Gasteiger partial charge is 0.496 e. The number of methoxy groups -OCH3 is 1. The van der Waals surface area contributed by atoms with Gasteiger partial charge in [0.15, 0.2) is 0 Å². The summed E-state index contributed by atoms with van der Waals surface area (Å²) in [5.41, 5.74) is 1.43. The Morgan fingerprint density at radius 2 is 1.78 bits per heavy atom. The van der Waals surface area contributed by atoms with Crippen LogP contribution in [0.5, 0.6) is 5.75 Å². The molecular weight excluding hydrogens is 415 g/mol. The smallest absolute Gasteiger partial charge is 0.323 e. The summed E-state index contributed by atoms with van der Waals surface area (Å²) < 4.78 is 18.5. The molecule has 7 nitrogen and oxygen atoms in total. The lowest BCUT2D eigenvalue weighted by atomic mass is 9.98. The van der Waals surface area contributed by atoms with Crippen molar-refractivity contribution in [2.45, 2.75) is 44.4 Å². The highest BCUT2D eigenvalue weighted by Crippen LogP contribution is 2.29. The molecule has 0 heterocycles. The topological polar surface area (TPSA) is 99.1 Å². The Balaban J connectivity index is 1.69. The zero-order valence-electron chi connectivity index (χ0n) is 18.0. The lowest BCUT2D eigenvalue weighted by Gasteiger charge is -2.26. The molecule has 3 N–H and O–H groups in total. The van der Waals surface area contributed by atoms with E-state index in [1.54, 1.807) is 24.3 Å². The Hall–Kier alpha value is -3.13. The van der Waals surface area contributed by atoms with Crippen LogP contribution in [0.2, 0.25) is 0 Å². The third-order valence-corrected chi connectivity index (χ3v) is 5.84. The van der Waals surface area contributed by atoms with Gasteiger partial charge in [-0.15, -0.1) is 0 Å². The highest BCUT2D eigenvalue weighted by molar-refractivity contribution is 5.83. The zero-order valence-corrected chi connectivity index (χ0v) is 18.0. The van der Waals surface area contributed by atoms with Crippen LogP contribution in [0.3, 0.4) is 0 Å². The van der Waals surface area contributed by atoms with Crippen LogP contribution in [0, 0.1) is 11.7 Å². The van der Waals surface area contributed by atoms with Crippen molar-refractivity contribution < 1.29 is 28.9 Å². The van der Waals surface area contributed by atoms with Gasteiger partial charge in [0.05, 0.1) is 19.3 Å². The molecule has 1 aliphatic carbocycles. The Bertz CT molecular complexity index is 921. The monoisotopic (exact) mass is 444 g/mol. The van der Waals surface area contributed by atoms with Gasteiger partial charge in [0.2, 0.25) is 5.91 Å². The van der Waals surface area contributed by atoms with Gasteiger partial charge in [0.1, 0.15) is 18.1 Å². The first kappa shape index (κ1) is 23.5. The van der Waals surface area contributed by atoms with Crippen molar-refractivity contribution in [3.63, 3.8) is 0 Å². The van der Waals surface area contributed by atoms with Gasteiger partial charge in [-0.05, 0) is 56.0 Å². The maximum absolute atomic E-state index is 13.3. The molecule has 1 saturated carbocycles. The average molecular weight is 445 g/mol. The Morgan fingerprint density at radius 1 is 1.09 bits per heavy atom. The molecule has 0 aliphatic heterocycles. The molecule has 3 rings (SSSR count). The number of hydrogen-bond donors (Lipinski definition) is 3. The summed E-state index contributed by atoms with van der Waals surface area (Å²) in [6, 6.07) is 12.8. The Labute approximate surface area is 186 Å². The summed E-state index contributed by atoms with van der Waals surface area (Å²) in [6.45, 7) is -0.279. The molecule has 3 atom stereocenters. The number of hydrogen-bond acceptors (Lipinski definition) is 5. The molecule has 0 saturated heterocycles. The van der Waals surface area contributed by atoms with Crippen molar-refractivity contribution in [3.05, 3.63) is 59.9 Å². The van der Waals surface area contributed by atoms with Gasteiger partial charge in [-0.3, -0.25) is 9.59 Å². The highest BCUT2D eigenvalue weighted by Gasteiger charge is 2.32. The number of carbonyl (C=O) groups is 2. The molecule has 1 amide bonds. The molecule has 0 spiro atoms. The van der Waals surface area contributed by atoms with Crippen LogP contribution in [0.25, 0.3) is 0 Å². The van der Waals surface area contributed by atoms with E-state index in [9.17, 15) is 24.2 Å². The SMILES string of the molecule is COc1ccccc1CN(CC(=O)O)C(=O)[C@@H]1CC[C@H](Nc2ccc(F)cc2)[C@@H](O)CC1. The van der Waals surface area contributed by atoms with Gasteiger partial charge < -0.3 is 25.2 Å². The van der Waals surface area contributed by atoms with E-state index >= 15 is 0 Å². The third-order valence-electron chi connectivity index (χ3n) is 5.84. The van der Waals surface area contributed by atoms with Crippen LogP contribution in [-0.2, 0) is 16.1 Å². The van der Waals surface area contributed by atoms with E-state index in [0.29, 0.717) is 37.1 Å². The molecule has 2 aromatic rings. The fourth-order valence-electron chi connectivity index (χ4n) is 4.14. The molecule has 0 unspecified atom stereocenters. The number of amides is 1. The van der Waals surface area contributed by atoms with E-state index < -0.39 is 24.5 Å². The number of halogens is 1. The number of para-hydroxylation sites is 1.